The molecule has 3 rings (SSSR count). The van der Waals surface area contributed by atoms with Gasteiger partial charge in [0, 0.05) is 44.7 Å². The Morgan fingerprint density at radius 2 is 1.97 bits per heavy atom. The van der Waals surface area contributed by atoms with Crippen LogP contribution in [0.15, 0.2) is 18.2 Å². The second kappa shape index (κ2) is 14.4. The molecule has 7 heteroatoms. The lowest BCUT2D eigenvalue weighted by Crippen LogP contribution is -2.49. The summed E-state index contributed by atoms with van der Waals surface area (Å²) in [5.74, 6) is -0.419. The summed E-state index contributed by atoms with van der Waals surface area (Å²) < 4.78 is 34.2. The first-order chi connectivity index (χ1) is 17.4. The van der Waals surface area contributed by atoms with Crippen molar-refractivity contribution in [1.82, 2.24) is 10.2 Å². The molecule has 0 unspecified atom stereocenters. The number of carbonyl (C=O) groups is 1. The van der Waals surface area contributed by atoms with E-state index in [4.69, 9.17) is 4.74 Å². The van der Waals surface area contributed by atoms with Gasteiger partial charge in [-0.25, -0.2) is 8.78 Å². The molecule has 0 spiro atoms. The van der Waals surface area contributed by atoms with E-state index >= 15 is 0 Å². The van der Waals surface area contributed by atoms with E-state index in [2.05, 4.69) is 5.32 Å². The molecule has 0 bridgehead atoms. The van der Waals surface area contributed by atoms with Crippen LogP contribution in [0.2, 0.25) is 0 Å². The van der Waals surface area contributed by atoms with Gasteiger partial charge in [0.15, 0.2) is 0 Å². The van der Waals surface area contributed by atoms with Gasteiger partial charge in [0.25, 0.3) is 0 Å². The number of likely N-dealkylation sites (tertiary alicyclic amines) is 1. The van der Waals surface area contributed by atoms with Crippen LogP contribution in [0, 0.1) is 29.4 Å². The summed E-state index contributed by atoms with van der Waals surface area (Å²) in [5.41, 5.74) is -1.53. The fourth-order valence-corrected chi connectivity index (χ4v) is 6.42. The number of aliphatic hydroxyl groups is 1. The lowest BCUT2D eigenvalue weighted by Gasteiger charge is -2.43. The topological polar surface area (TPSA) is 61.8 Å². The number of hydrogen-bond acceptors (Lipinski definition) is 4. The van der Waals surface area contributed by atoms with Gasteiger partial charge >= 0.3 is 0 Å². The Morgan fingerprint density at radius 1 is 1.19 bits per heavy atom. The van der Waals surface area contributed by atoms with E-state index in [1.165, 1.54) is 32.1 Å². The maximum atomic E-state index is 14.9. The summed E-state index contributed by atoms with van der Waals surface area (Å²) in [5, 5.41) is 15.2. The van der Waals surface area contributed by atoms with Gasteiger partial charge < -0.3 is 20.1 Å². The normalized spacial score (nSPS) is 21.8. The number of nitrogens with one attached hydrogen (secondary N) is 1. The van der Waals surface area contributed by atoms with Crippen LogP contribution in [0.4, 0.5) is 8.78 Å². The van der Waals surface area contributed by atoms with Gasteiger partial charge in [-0.2, -0.15) is 0 Å². The van der Waals surface area contributed by atoms with Crippen LogP contribution in [0.3, 0.4) is 0 Å². The zero-order valence-electron chi connectivity index (χ0n) is 22.2. The fourth-order valence-electron chi connectivity index (χ4n) is 6.42. The largest absolute Gasteiger partial charge is 0.385 e. The molecule has 1 aliphatic carbocycles. The summed E-state index contributed by atoms with van der Waals surface area (Å²) in [4.78, 5) is 15.3. The highest BCUT2D eigenvalue weighted by Gasteiger charge is 2.43. The van der Waals surface area contributed by atoms with Gasteiger partial charge in [0.2, 0.25) is 5.91 Å². The van der Waals surface area contributed by atoms with Crippen molar-refractivity contribution in [3.05, 3.63) is 35.4 Å². The molecule has 36 heavy (non-hydrogen) atoms. The molecule has 3 atom stereocenters. The van der Waals surface area contributed by atoms with E-state index < -0.39 is 17.2 Å². The van der Waals surface area contributed by atoms with Crippen molar-refractivity contribution in [3.63, 3.8) is 0 Å². The Bertz CT molecular complexity index is 818. The molecule has 1 amide bonds. The molecule has 1 heterocycles. The van der Waals surface area contributed by atoms with Crippen LogP contribution < -0.4 is 5.32 Å². The van der Waals surface area contributed by atoms with Gasteiger partial charge in [0.1, 0.15) is 11.6 Å². The van der Waals surface area contributed by atoms with Crippen LogP contribution in [0.5, 0.6) is 0 Å². The zero-order chi connectivity index (χ0) is 26.0. The van der Waals surface area contributed by atoms with Crippen molar-refractivity contribution in [2.45, 2.75) is 82.7 Å². The molecule has 2 aliphatic rings. The number of nitrogens with zero attached hydrogens (tertiary/aromatic N) is 1. The summed E-state index contributed by atoms with van der Waals surface area (Å²) in [6, 6.07) is 3.29. The molecular weight excluding hydrogens is 462 g/mol. The minimum Gasteiger partial charge on any atom is -0.385 e. The standard InChI is InChI=1S/C29H46F2N2O3/c1-32-20-23(17-22-9-4-3-5-10-22)18-28(34)33-15-8-11-24(21-33)29(35,14-6-7-16-36-2)26-19-25(30)12-13-27(26)31/h12-13,19,22-24,32,35H,3-11,14-18,20-21H2,1-2H3/t23-,24-,29+/m1/s1. The highest BCUT2D eigenvalue weighted by molar-refractivity contribution is 5.76. The molecule has 1 aliphatic heterocycles. The van der Waals surface area contributed by atoms with Crippen molar-refractivity contribution >= 4 is 5.91 Å². The third-order valence-corrected chi connectivity index (χ3v) is 8.35. The number of amides is 1. The summed E-state index contributed by atoms with van der Waals surface area (Å²) in [6.07, 6.45) is 11.0. The molecule has 1 saturated carbocycles. The predicted molar refractivity (Wildman–Crippen MR) is 139 cm³/mol. The Kier molecular flexibility index (Phi) is 11.6. The van der Waals surface area contributed by atoms with Crippen molar-refractivity contribution in [2.75, 3.05) is 40.4 Å². The lowest BCUT2D eigenvalue weighted by molar-refractivity contribution is -0.138. The molecule has 1 saturated heterocycles. The molecule has 204 valence electrons. The minimum atomic E-state index is -1.54. The molecule has 0 radical (unpaired) electrons. The highest BCUT2D eigenvalue weighted by atomic mass is 19.1. The van der Waals surface area contributed by atoms with Gasteiger partial charge in [0.05, 0.1) is 5.60 Å². The maximum absolute atomic E-state index is 14.9. The molecule has 0 aromatic heterocycles. The van der Waals surface area contributed by atoms with Crippen LogP contribution in [0.25, 0.3) is 0 Å². The van der Waals surface area contributed by atoms with Crippen molar-refractivity contribution in [1.29, 1.82) is 0 Å². The number of benzene rings is 1. The number of methoxy groups -OCH3 is 1. The third kappa shape index (κ3) is 7.96. The predicted octanol–water partition coefficient (Wildman–Crippen LogP) is 5.40. The molecule has 2 fully saturated rings. The van der Waals surface area contributed by atoms with Gasteiger partial charge in [-0.05, 0) is 82.2 Å². The van der Waals surface area contributed by atoms with Crippen LogP contribution >= 0.6 is 0 Å². The number of halogens is 2. The maximum Gasteiger partial charge on any atom is 0.222 e. The first-order valence-electron chi connectivity index (χ1n) is 14.0. The van der Waals surface area contributed by atoms with Gasteiger partial charge in [-0.1, -0.05) is 32.1 Å². The number of rotatable bonds is 13. The molecule has 1 aromatic rings. The Labute approximate surface area is 216 Å². The van der Waals surface area contributed by atoms with Crippen LogP contribution in [-0.2, 0) is 15.1 Å². The minimum absolute atomic E-state index is 0.00424. The van der Waals surface area contributed by atoms with Crippen molar-refractivity contribution < 1.29 is 23.4 Å². The Morgan fingerprint density at radius 3 is 2.69 bits per heavy atom. The Hall–Kier alpha value is -1.57. The SMILES string of the molecule is CNC[C@@H](CC(=O)N1CCC[C@@H]([C@@](O)(CCCCOC)c2cc(F)ccc2F)C1)CC1CCCCC1. The average molecular weight is 509 g/mol. The average Bonchev–Trinajstić information content (AvgIpc) is 2.88. The molecular formula is C29H46F2N2O3. The first kappa shape index (κ1) is 29.0. The zero-order valence-corrected chi connectivity index (χ0v) is 22.2. The second-order valence-electron chi connectivity index (χ2n) is 11.0. The van der Waals surface area contributed by atoms with E-state index in [0.717, 1.165) is 44.0 Å². The van der Waals surface area contributed by atoms with Gasteiger partial charge in [-0.3, -0.25) is 4.79 Å². The van der Waals surface area contributed by atoms with E-state index in [1.807, 2.05) is 11.9 Å². The summed E-state index contributed by atoms with van der Waals surface area (Å²) >= 11 is 0. The molecule has 5 nitrogen and oxygen atoms in total. The smallest absolute Gasteiger partial charge is 0.222 e. The quantitative estimate of drug-likeness (QED) is 0.350. The van der Waals surface area contributed by atoms with Crippen LogP contribution in [-0.4, -0.2) is 56.3 Å². The Balaban J connectivity index is 1.72. The molecule has 2 N–H and O–H groups in total. The number of piperidine rings is 1. The van der Waals surface area contributed by atoms with Crippen molar-refractivity contribution in [3.8, 4) is 0 Å². The number of unbranched alkanes of at least 4 members (excludes halogenated alkanes) is 1. The number of carbonyl (C=O) groups excluding carboxylic acids is 1. The van der Waals surface area contributed by atoms with Crippen LogP contribution in [0.1, 0.15) is 82.6 Å². The highest BCUT2D eigenvalue weighted by Crippen LogP contribution is 2.41. The fraction of sp³-hybridized carbons (Fsp3) is 0.759. The van der Waals surface area contributed by atoms with E-state index in [1.54, 1.807) is 7.11 Å². The van der Waals surface area contributed by atoms with Crippen molar-refractivity contribution in [2.24, 2.45) is 17.8 Å². The number of ether oxygens (including phenoxy) is 1. The summed E-state index contributed by atoms with van der Waals surface area (Å²) in [6.45, 7) is 2.38. The van der Waals surface area contributed by atoms with E-state index in [-0.39, 0.29) is 17.4 Å². The van der Waals surface area contributed by atoms with E-state index in [9.17, 15) is 18.7 Å². The van der Waals surface area contributed by atoms with Gasteiger partial charge in [-0.15, -0.1) is 0 Å². The van der Waals surface area contributed by atoms with E-state index in [0.29, 0.717) is 57.2 Å². The monoisotopic (exact) mass is 508 g/mol. The molecule has 1 aromatic carbocycles. The number of hydrogen-bond donors (Lipinski definition) is 2. The lowest BCUT2D eigenvalue weighted by atomic mass is 9.73. The second-order valence-corrected chi connectivity index (χ2v) is 11.0. The summed E-state index contributed by atoms with van der Waals surface area (Å²) in [7, 11) is 3.56. The first-order valence-corrected chi connectivity index (χ1v) is 14.0. The third-order valence-electron chi connectivity index (χ3n) is 8.35.